The highest BCUT2D eigenvalue weighted by Gasteiger charge is 2.43. The minimum atomic E-state index is -0.962. The Hall–Kier alpha value is -1.06. The maximum absolute atomic E-state index is 10.8. The van der Waals surface area contributed by atoms with E-state index in [9.17, 15) is 9.59 Å². The standard InChI is InChI=1S/C7H10O4/c1-3-5(6(8)9)4(2)11-7(3)10/h3-5H,1-2H3,(H,8,9). The van der Waals surface area contributed by atoms with Crippen molar-refractivity contribution in [2.45, 2.75) is 20.0 Å². The van der Waals surface area contributed by atoms with Crippen LogP contribution >= 0.6 is 0 Å². The van der Waals surface area contributed by atoms with Crippen LogP contribution in [0, 0.1) is 11.8 Å². The van der Waals surface area contributed by atoms with E-state index in [2.05, 4.69) is 0 Å². The quantitative estimate of drug-likeness (QED) is 0.556. The molecule has 1 fully saturated rings. The van der Waals surface area contributed by atoms with Crippen LogP contribution in [-0.4, -0.2) is 23.1 Å². The van der Waals surface area contributed by atoms with Gasteiger partial charge in [-0.2, -0.15) is 0 Å². The second kappa shape index (κ2) is 2.53. The molecule has 1 rings (SSSR count). The van der Waals surface area contributed by atoms with Crippen molar-refractivity contribution >= 4 is 11.9 Å². The molecule has 3 unspecified atom stereocenters. The predicted octanol–water partition coefficient (Wildman–Crippen LogP) is 0.269. The summed E-state index contributed by atoms with van der Waals surface area (Å²) in [6, 6.07) is 0. The first-order valence-corrected chi connectivity index (χ1v) is 3.47. The molecule has 0 amide bonds. The van der Waals surface area contributed by atoms with E-state index in [-0.39, 0.29) is 0 Å². The van der Waals surface area contributed by atoms with Crippen molar-refractivity contribution in [3.63, 3.8) is 0 Å². The molecule has 0 saturated carbocycles. The van der Waals surface area contributed by atoms with E-state index in [0.717, 1.165) is 0 Å². The van der Waals surface area contributed by atoms with Gasteiger partial charge in [-0.15, -0.1) is 0 Å². The van der Waals surface area contributed by atoms with Gasteiger partial charge in [0.05, 0.1) is 5.92 Å². The number of ether oxygens (including phenoxy) is 1. The van der Waals surface area contributed by atoms with E-state index in [4.69, 9.17) is 9.84 Å². The third-order valence-corrected chi connectivity index (χ3v) is 2.00. The lowest BCUT2D eigenvalue weighted by molar-refractivity contribution is -0.144. The summed E-state index contributed by atoms with van der Waals surface area (Å²) >= 11 is 0. The molecule has 1 aliphatic heterocycles. The van der Waals surface area contributed by atoms with Crippen molar-refractivity contribution in [2.24, 2.45) is 11.8 Å². The molecule has 4 nitrogen and oxygen atoms in total. The Morgan fingerprint density at radius 3 is 2.27 bits per heavy atom. The average Bonchev–Trinajstić information content (AvgIpc) is 2.07. The SMILES string of the molecule is CC1OC(=O)C(C)C1C(=O)O. The Labute approximate surface area is 64.2 Å². The largest absolute Gasteiger partial charge is 0.481 e. The van der Waals surface area contributed by atoms with E-state index < -0.39 is 29.9 Å². The molecular weight excluding hydrogens is 148 g/mol. The molecule has 1 N–H and O–H groups in total. The van der Waals surface area contributed by atoms with Crippen LogP contribution < -0.4 is 0 Å². The number of cyclic esters (lactones) is 1. The number of carboxylic acid groups (broad SMARTS) is 1. The number of esters is 1. The van der Waals surface area contributed by atoms with Gasteiger partial charge in [-0.3, -0.25) is 9.59 Å². The zero-order chi connectivity index (χ0) is 8.59. The van der Waals surface area contributed by atoms with Gasteiger partial charge in [0.25, 0.3) is 0 Å². The minimum Gasteiger partial charge on any atom is -0.481 e. The van der Waals surface area contributed by atoms with E-state index >= 15 is 0 Å². The lowest BCUT2D eigenvalue weighted by Gasteiger charge is -2.08. The number of carboxylic acids is 1. The van der Waals surface area contributed by atoms with Gasteiger partial charge in [0, 0.05) is 0 Å². The zero-order valence-corrected chi connectivity index (χ0v) is 6.40. The first-order valence-electron chi connectivity index (χ1n) is 3.47. The summed E-state index contributed by atoms with van der Waals surface area (Å²) in [5, 5.41) is 8.64. The second-order valence-electron chi connectivity index (χ2n) is 2.79. The van der Waals surface area contributed by atoms with Crippen molar-refractivity contribution in [3.8, 4) is 0 Å². The number of carbonyl (C=O) groups excluding carboxylic acids is 1. The highest BCUT2D eigenvalue weighted by atomic mass is 16.6. The summed E-state index contributed by atoms with van der Waals surface area (Å²) in [6.45, 7) is 3.17. The Morgan fingerprint density at radius 1 is 1.55 bits per heavy atom. The van der Waals surface area contributed by atoms with Gasteiger partial charge in [-0.05, 0) is 6.92 Å². The normalized spacial score (nSPS) is 36.9. The number of hydrogen-bond donors (Lipinski definition) is 1. The lowest BCUT2D eigenvalue weighted by atomic mass is 9.93. The summed E-state index contributed by atoms with van der Waals surface area (Å²) in [7, 11) is 0. The fourth-order valence-corrected chi connectivity index (χ4v) is 1.33. The first-order chi connectivity index (χ1) is 5.04. The Balaban J connectivity index is 2.79. The van der Waals surface area contributed by atoms with E-state index in [1.807, 2.05) is 0 Å². The Morgan fingerprint density at radius 2 is 2.09 bits per heavy atom. The zero-order valence-electron chi connectivity index (χ0n) is 6.40. The number of rotatable bonds is 1. The van der Waals surface area contributed by atoms with Gasteiger partial charge in [0.2, 0.25) is 0 Å². The van der Waals surface area contributed by atoms with Gasteiger partial charge in [0.1, 0.15) is 12.0 Å². The maximum Gasteiger partial charge on any atom is 0.311 e. The van der Waals surface area contributed by atoms with Gasteiger partial charge in [-0.25, -0.2) is 0 Å². The summed E-state index contributed by atoms with van der Waals surface area (Å²) in [6.07, 6.45) is -0.491. The Bertz CT molecular complexity index is 199. The smallest absolute Gasteiger partial charge is 0.311 e. The van der Waals surface area contributed by atoms with Crippen molar-refractivity contribution < 1.29 is 19.4 Å². The monoisotopic (exact) mass is 158 g/mol. The van der Waals surface area contributed by atoms with Gasteiger partial charge < -0.3 is 9.84 Å². The van der Waals surface area contributed by atoms with E-state index in [0.29, 0.717) is 0 Å². The molecule has 1 heterocycles. The molecule has 0 radical (unpaired) electrons. The van der Waals surface area contributed by atoms with Crippen molar-refractivity contribution in [2.75, 3.05) is 0 Å². The summed E-state index contributed by atoms with van der Waals surface area (Å²) in [5.41, 5.74) is 0. The van der Waals surface area contributed by atoms with Crippen LogP contribution in [0.25, 0.3) is 0 Å². The van der Waals surface area contributed by atoms with Crippen molar-refractivity contribution in [3.05, 3.63) is 0 Å². The third kappa shape index (κ3) is 1.20. The Kier molecular flexibility index (Phi) is 1.85. The maximum atomic E-state index is 10.8. The van der Waals surface area contributed by atoms with Crippen LogP contribution in [0.3, 0.4) is 0 Å². The third-order valence-electron chi connectivity index (χ3n) is 2.00. The van der Waals surface area contributed by atoms with Crippen LogP contribution in [0.5, 0.6) is 0 Å². The molecule has 0 aliphatic carbocycles. The van der Waals surface area contributed by atoms with Crippen LogP contribution in [-0.2, 0) is 14.3 Å². The van der Waals surface area contributed by atoms with Gasteiger partial charge >= 0.3 is 11.9 Å². The average molecular weight is 158 g/mol. The van der Waals surface area contributed by atoms with Crippen LogP contribution in [0.15, 0.2) is 0 Å². The second-order valence-corrected chi connectivity index (χ2v) is 2.79. The molecule has 1 saturated heterocycles. The fraction of sp³-hybridized carbons (Fsp3) is 0.714. The molecular formula is C7H10O4. The molecule has 0 aromatic carbocycles. The van der Waals surface area contributed by atoms with Crippen LogP contribution in [0.2, 0.25) is 0 Å². The number of hydrogen-bond acceptors (Lipinski definition) is 3. The van der Waals surface area contributed by atoms with Gasteiger partial charge in [-0.1, -0.05) is 6.92 Å². The lowest BCUT2D eigenvalue weighted by Crippen LogP contribution is -2.25. The van der Waals surface area contributed by atoms with Crippen LogP contribution in [0.4, 0.5) is 0 Å². The first kappa shape index (κ1) is 8.04. The number of aliphatic carboxylic acids is 1. The fourth-order valence-electron chi connectivity index (χ4n) is 1.33. The molecule has 3 atom stereocenters. The highest BCUT2D eigenvalue weighted by Crippen LogP contribution is 2.27. The molecule has 4 heteroatoms. The predicted molar refractivity (Wildman–Crippen MR) is 35.8 cm³/mol. The molecule has 0 spiro atoms. The van der Waals surface area contributed by atoms with E-state index in [1.54, 1.807) is 13.8 Å². The number of carbonyl (C=O) groups is 2. The minimum absolute atomic E-state index is 0.412. The molecule has 0 aromatic rings. The van der Waals surface area contributed by atoms with Crippen LogP contribution in [0.1, 0.15) is 13.8 Å². The summed E-state index contributed by atoms with van der Waals surface area (Å²) in [4.78, 5) is 21.3. The molecule has 11 heavy (non-hydrogen) atoms. The van der Waals surface area contributed by atoms with E-state index in [1.165, 1.54) is 0 Å². The van der Waals surface area contributed by atoms with Gasteiger partial charge in [0.15, 0.2) is 0 Å². The summed E-state index contributed by atoms with van der Waals surface area (Å²) in [5.74, 6) is -2.56. The molecule has 62 valence electrons. The molecule has 1 aliphatic rings. The topological polar surface area (TPSA) is 63.6 Å². The molecule has 0 aromatic heterocycles. The molecule has 0 bridgehead atoms. The summed E-state index contributed by atoms with van der Waals surface area (Å²) < 4.78 is 4.73. The van der Waals surface area contributed by atoms with Crippen molar-refractivity contribution in [1.82, 2.24) is 0 Å². The highest BCUT2D eigenvalue weighted by molar-refractivity contribution is 5.84. The van der Waals surface area contributed by atoms with Crippen molar-refractivity contribution in [1.29, 1.82) is 0 Å².